The van der Waals surface area contributed by atoms with Gasteiger partial charge in [-0.2, -0.15) is 0 Å². The maximum Gasteiger partial charge on any atom is 0.137 e. The Morgan fingerprint density at radius 2 is 1.90 bits per heavy atom. The fourth-order valence-electron chi connectivity index (χ4n) is 2.92. The Labute approximate surface area is 137 Å². The van der Waals surface area contributed by atoms with Crippen molar-refractivity contribution < 1.29 is 0 Å². The molecule has 4 heteroatoms. The number of aromatic nitrogens is 2. The molecule has 0 aliphatic carbocycles. The Morgan fingerprint density at radius 3 is 2.52 bits per heavy atom. The molecule has 1 unspecified atom stereocenters. The lowest BCUT2D eigenvalue weighted by molar-refractivity contribution is 0.351. The quantitative estimate of drug-likeness (QED) is 0.715. The smallest absolute Gasteiger partial charge is 0.137 e. The van der Waals surface area contributed by atoms with Crippen molar-refractivity contribution in [2.45, 2.75) is 59.3 Å². The van der Waals surface area contributed by atoms with Gasteiger partial charge in [0.2, 0.25) is 0 Å². The zero-order valence-electron chi connectivity index (χ0n) is 14.0. The van der Waals surface area contributed by atoms with Crippen molar-refractivity contribution in [2.24, 2.45) is 11.8 Å². The summed E-state index contributed by atoms with van der Waals surface area (Å²) < 4.78 is 0.891. The maximum atomic E-state index is 4.82. The molecule has 1 aliphatic rings. The molecule has 118 valence electrons. The molecule has 1 aliphatic heterocycles. The van der Waals surface area contributed by atoms with Crippen LogP contribution in [0.5, 0.6) is 0 Å². The summed E-state index contributed by atoms with van der Waals surface area (Å²) in [6.45, 7) is 13.4. The van der Waals surface area contributed by atoms with Gasteiger partial charge in [-0.1, -0.05) is 34.6 Å². The Bertz CT molecular complexity index is 479. The van der Waals surface area contributed by atoms with Crippen LogP contribution < -0.4 is 4.90 Å². The highest BCUT2D eigenvalue weighted by atomic mass is 79.9. The van der Waals surface area contributed by atoms with E-state index in [4.69, 9.17) is 4.98 Å². The van der Waals surface area contributed by atoms with Gasteiger partial charge in [-0.25, -0.2) is 9.97 Å². The zero-order chi connectivity index (χ0) is 15.6. The minimum Gasteiger partial charge on any atom is -0.356 e. The number of nitrogens with zero attached hydrogens (tertiary/aromatic N) is 3. The molecule has 1 fully saturated rings. The molecule has 21 heavy (non-hydrogen) atoms. The van der Waals surface area contributed by atoms with Gasteiger partial charge < -0.3 is 4.90 Å². The predicted octanol–water partition coefficient (Wildman–Crippen LogP) is 4.80. The largest absolute Gasteiger partial charge is 0.356 e. The molecule has 2 heterocycles. The second-order valence-corrected chi connectivity index (χ2v) is 8.36. The maximum absolute atomic E-state index is 4.82. The molecule has 0 N–H and O–H groups in total. The van der Waals surface area contributed by atoms with Crippen LogP contribution in [0.25, 0.3) is 0 Å². The molecule has 1 saturated heterocycles. The third-order valence-corrected chi connectivity index (χ3v) is 4.80. The first-order valence-electron chi connectivity index (χ1n) is 8.07. The van der Waals surface area contributed by atoms with Crippen LogP contribution in [0.2, 0.25) is 0 Å². The highest BCUT2D eigenvalue weighted by Crippen LogP contribution is 2.29. The first kappa shape index (κ1) is 16.7. The summed E-state index contributed by atoms with van der Waals surface area (Å²) in [6, 6.07) is 2.06. The van der Waals surface area contributed by atoms with Crippen LogP contribution in [0.1, 0.15) is 59.7 Å². The van der Waals surface area contributed by atoms with E-state index < -0.39 is 0 Å². The molecule has 0 bridgehead atoms. The van der Waals surface area contributed by atoms with Gasteiger partial charge in [0, 0.05) is 24.6 Å². The van der Waals surface area contributed by atoms with Crippen molar-refractivity contribution in [3.05, 3.63) is 16.5 Å². The average molecular weight is 354 g/mol. The monoisotopic (exact) mass is 353 g/mol. The minimum atomic E-state index is -0.0230. The molecule has 1 aromatic rings. The summed E-state index contributed by atoms with van der Waals surface area (Å²) in [5, 5.41) is 0. The van der Waals surface area contributed by atoms with E-state index in [9.17, 15) is 0 Å². The van der Waals surface area contributed by atoms with E-state index in [1.165, 1.54) is 19.3 Å². The van der Waals surface area contributed by atoms with E-state index in [1.807, 2.05) is 0 Å². The molecule has 2 rings (SSSR count). The van der Waals surface area contributed by atoms with Crippen molar-refractivity contribution >= 4 is 21.7 Å². The SMILES string of the molecule is CC(C)C1CCCN(c2cc(Br)nc(C(C)(C)C)n2)CC1. The van der Waals surface area contributed by atoms with Crippen LogP contribution in [0.15, 0.2) is 10.7 Å². The summed E-state index contributed by atoms with van der Waals surface area (Å²) in [5.41, 5.74) is -0.0230. The molecule has 0 saturated carbocycles. The molecule has 1 atom stereocenters. The number of rotatable bonds is 2. The van der Waals surface area contributed by atoms with Crippen LogP contribution in [-0.2, 0) is 5.41 Å². The lowest BCUT2D eigenvalue weighted by atomic mass is 9.89. The van der Waals surface area contributed by atoms with Gasteiger partial charge in [0.1, 0.15) is 16.2 Å². The van der Waals surface area contributed by atoms with E-state index in [-0.39, 0.29) is 5.41 Å². The molecular formula is C17H28BrN3. The van der Waals surface area contributed by atoms with Crippen LogP contribution in [0.3, 0.4) is 0 Å². The zero-order valence-corrected chi connectivity index (χ0v) is 15.6. The fraction of sp³-hybridized carbons (Fsp3) is 0.765. The summed E-state index contributed by atoms with van der Waals surface area (Å²) in [7, 11) is 0. The van der Waals surface area contributed by atoms with Crippen molar-refractivity contribution in [1.29, 1.82) is 0 Å². The highest BCUT2D eigenvalue weighted by Gasteiger charge is 2.23. The van der Waals surface area contributed by atoms with Crippen molar-refractivity contribution in [3.8, 4) is 0 Å². The first-order chi connectivity index (χ1) is 9.77. The standard InChI is InChI=1S/C17H28BrN3/c1-12(2)13-7-6-9-21(10-8-13)15-11-14(18)19-16(20-15)17(3,4)5/h11-13H,6-10H2,1-5H3. The Hall–Kier alpha value is -0.640. The molecule has 1 aromatic heterocycles. The molecule has 0 radical (unpaired) electrons. The van der Waals surface area contributed by atoms with E-state index in [1.54, 1.807) is 0 Å². The summed E-state index contributed by atoms with van der Waals surface area (Å²) in [4.78, 5) is 11.8. The van der Waals surface area contributed by atoms with Gasteiger partial charge in [0.05, 0.1) is 0 Å². The van der Waals surface area contributed by atoms with Gasteiger partial charge in [-0.05, 0) is 47.0 Å². The van der Waals surface area contributed by atoms with Gasteiger partial charge in [0.25, 0.3) is 0 Å². The molecule has 0 aromatic carbocycles. The van der Waals surface area contributed by atoms with Crippen LogP contribution in [-0.4, -0.2) is 23.1 Å². The van der Waals surface area contributed by atoms with Gasteiger partial charge in [-0.3, -0.25) is 0 Å². The number of hydrogen-bond acceptors (Lipinski definition) is 3. The van der Waals surface area contributed by atoms with Crippen LogP contribution >= 0.6 is 15.9 Å². The van der Waals surface area contributed by atoms with Crippen LogP contribution in [0.4, 0.5) is 5.82 Å². The second kappa shape index (κ2) is 6.64. The fourth-order valence-corrected chi connectivity index (χ4v) is 3.29. The van der Waals surface area contributed by atoms with E-state index in [0.29, 0.717) is 0 Å². The van der Waals surface area contributed by atoms with E-state index in [0.717, 1.165) is 41.2 Å². The average Bonchev–Trinajstić information content (AvgIpc) is 2.62. The third-order valence-electron chi connectivity index (χ3n) is 4.39. The normalized spacial score (nSPS) is 20.7. The van der Waals surface area contributed by atoms with Crippen molar-refractivity contribution in [1.82, 2.24) is 9.97 Å². The number of anilines is 1. The number of hydrogen-bond donors (Lipinski definition) is 0. The Balaban J connectivity index is 2.20. The summed E-state index contributed by atoms with van der Waals surface area (Å²) in [6.07, 6.45) is 3.87. The number of halogens is 1. The Kier molecular flexibility index (Phi) is 5.29. The Morgan fingerprint density at radius 1 is 1.19 bits per heavy atom. The molecular weight excluding hydrogens is 326 g/mol. The molecule has 3 nitrogen and oxygen atoms in total. The van der Waals surface area contributed by atoms with Crippen molar-refractivity contribution in [3.63, 3.8) is 0 Å². The van der Waals surface area contributed by atoms with E-state index >= 15 is 0 Å². The topological polar surface area (TPSA) is 29.0 Å². The summed E-state index contributed by atoms with van der Waals surface area (Å²) >= 11 is 3.55. The second-order valence-electron chi connectivity index (χ2n) is 7.54. The molecule has 0 amide bonds. The van der Waals surface area contributed by atoms with Gasteiger partial charge >= 0.3 is 0 Å². The summed E-state index contributed by atoms with van der Waals surface area (Å²) in [5.74, 6) is 3.62. The first-order valence-corrected chi connectivity index (χ1v) is 8.86. The van der Waals surface area contributed by atoms with Gasteiger partial charge in [0.15, 0.2) is 0 Å². The highest BCUT2D eigenvalue weighted by molar-refractivity contribution is 9.10. The minimum absolute atomic E-state index is 0.0230. The predicted molar refractivity (Wildman–Crippen MR) is 92.8 cm³/mol. The van der Waals surface area contributed by atoms with Gasteiger partial charge in [-0.15, -0.1) is 0 Å². The third kappa shape index (κ3) is 4.41. The lowest BCUT2D eigenvalue weighted by Gasteiger charge is -2.25. The molecule has 0 spiro atoms. The van der Waals surface area contributed by atoms with Crippen LogP contribution in [0, 0.1) is 11.8 Å². The van der Waals surface area contributed by atoms with E-state index in [2.05, 4.69) is 66.5 Å². The van der Waals surface area contributed by atoms with Crippen molar-refractivity contribution in [2.75, 3.05) is 18.0 Å². The lowest BCUT2D eigenvalue weighted by Crippen LogP contribution is -2.27.